The molecular formula is C18H24N2O3. The van der Waals surface area contributed by atoms with Crippen molar-refractivity contribution in [3.63, 3.8) is 0 Å². The molecule has 124 valence electrons. The van der Waals surface area contributed by atoms with E-state index in [1.165, 1.54) is 12.5 Å². The largest absolute Gasteiger partial charge is 0.492 e. The van der Waals surface area contributed by atoms with Crippen molar-refractivity contribution in [2.24, 2.45) is 0 Å². The summed E-state index contributed by atoms with van der Waals surface area (Å²) in [5, 5.41) is 3.85. The van der Waals surface area contributed by atoms with Gasteiger partial charge in [-0.25, -0.2) is 0 Å². The van der Waals surface area contributed by atoms with Crippen LogP contribution >= 0.6 is 0 Å². The zero-order valence-corrected chi connectivity index (χ0v) is 14.0. The minimum absolute atomic E-state index is 0.0573. The van der Waals surface area contributed by atoms with E-state index in [-0.39, 0.29) is 11.7 Å². The van der Waals surface area contributed by atoms with Gasteiger partial charge < -0.3 is 19.8 Å². The molecular weight excluding hydrogens is 292 g/mol. The normalized spacial score (nSPS) is 10.7. The highest BCUT2D eigenvalue weighted by Crippen LogP contribution is 2.27. The van der Waals surface area contributed by atoms with E-state index in [1.54, 1.807) is 6.92 Å². The maximum atomic E-state index is 11.1. The molecule has 0 radical (unpaired) electrons. The number of H-pyrrole nitrogens is 1. The number of nitrogens with one attached hydrogen (secondary N) is 2. The Morgan fingerprint density at radius 1 is 1.26 bits per heavy atom. The van der Waals surface area contributed by atoms with Crippen LogP contribution in [0.4, 0.5) is 0 Å². The number of hydrogen-bond acceptors (Lipinski definition) is 3. The molecule has 5 heteroatoms. The summed E-state index contributed by atoms with van der Waals surface area (Å²) in [5.74, 6) is 0.956. The summed E-state index contributed by atoms with van der Waals surface area (Å²) in [4.78, 5) is 25.3. The van der Waals surface area contributed by atoms with Gasteiger partial charge >= 0.3 is 0 Å². The van der Waals surface area contributed by atoms with Crippen LogP contribution in [0.15, 0.2) is 18.2 Å². The Bertz CT molecular complexity index is 704. The summed E-state index contributed by atoms with van der Waals surface area (Å²) in [5.41, 5.74) is 3.46. The van der Waals surface area contributed by atoms with E-state index >= 15 is 0 Å². The number of carbonyl (C=O) groups excluding carboxylic acids is 2. The molecule has 0 saturated carbocycles. The van der Waals surface area contributed by atoms with Gasteiger partial charge in [0.1, 0.15) is 18.1 Å². The summed E-state index contributed by atoms with van der Waals surface area (Å²) < 4.78 is 5.69. The molecule has 0 unspecified atom stereocenters. The Morgan fingerprint density at radius 2 is 2.04 bits per heavy atom. The lowest BCUT2D eigenvalue weighted by atomic mass is 10.0. The van der Waals surface area contributed by atoms with Crippen LogP contribution in [0.2, 0.25) is 0 Å². The second-order valence-electron chi connectivity index (χ2n) is 5.82. The van der Waals surface area contributed by atoms with Crippen LogP contribution in [-0.4, -0.2) is 29.8 Å². The highest BCUT2D eigenvalue weighted by atomic mass is 16.5. The number of aryl methyl sites for hydroxylation is 2. The second-order valence-corrected chi connectivity index (χ2v) is 5.82. The molecule has 23 heavy (non-hydrogen) atoms. The fraction of sp³-hybridized carbons (Fsp3) is 0.444. The standard InChI is InChI=1S/C18H24N2O3/c1-12(21)5-4-6-16-13(2)20-18-8-7-15(11-17(16)18)23-10-9-19-14(3)22/h7-8,11,20H,4-6,9-10H2,1-3H3,(H,19,22). The van der Waals surface area contributed by atoms with Crippen molar-refractivity contribution >= 4 is 22.6 Å². The molecule has 0 spiro atoms. The number of ketones is 1. The number of hydrogen-bond donors (Lipinski definition) is 2. The number of amides is 1. The predicted molar refractivity (Wildman–Crippen MR) is 90.8 cm³/mol. The first kappa shape index (κ1) is 17.1. The van der Waals surface area contributed by atoms with Gasteiger partial charge in [-0.3, -0.25) is 4.79 Å². The fourth-order valence-corrected chi connectivity index (χ4v) is 2.68. The first-order valence-corrected chi connectivity index (χ1v) is 7.95. The minimum Gasteiger partial charge on any atom is -0.492 e. The van der Waals surface area contributed by atoms with Gasteiger partial charge in [0.2, 0.25) is 5.91 Å². The molecule has 0 saturated heterocycles. The van der Waals surface area contributed by atoms with Crippen LogP contribution in [0.25, 0.3) is 10.9 Å². The molecule has 1 amide bonds. The summed E-state index contributed by atoms with van der Waals surface area (Å²) in [7, 11) is 0. The first-order chi connectivity index (χ1) is 11.0. The van der Waals surface area contributed by atoms with Gasteiger partial charge in [0.15, 0.2) is 0 Å². The SMILES string of the molecule is CC(=O)CCCc1c(C)[nH]c2ccc(OCCNC(C)=O)cc12. The van der Waals surface area contributed by atoms with Crippen molar-refractivity contribution < 1.29 is 14.3 Å². The van der Waals surface area contributed by atoms with E-state index < -0.39 is 0 Å². The summed E-state index contributed by atoms with van der Waals surface area (Å²) in [6, 6.07) is 5.95. The third kappa shape index (κ3) is 4.84. The Labute approximate surface area is 136 Å². The lowest BCUT2D eigenvalue weighted by molar-refractivity contribution is -0.119. The van der Waals surface area contributed by atoms with Gasteiger partial charge in [-0.05, 0) is 50.5 Å². The van der Waals surface area contributed by atoms with Crippen molar-refractivity contribution in [2.75, 3.05) is 13.2 Å². The average molecular weight is 316 g/mol. The van der Waals surface area contributed by atoms with Crippen molar-refractivity contribution in [3.05, 3.63) is 29.5 Å². The zero-order valence-electron chi connectivity index (χ0n) is 14.0. The molecule has 0 aliphatic carbocycles. The molecule has 0 fully saturated rings. The second kappa shape index (κ2) is 7.81. The molecule has 1 aromatic carbocycles. The molecule has 1 aromatic heterocycles. The Morgan fingerprint density at radius 3 is 2.74 bits per heavy atom. The van der Waals surface area contributed by atoms with Gasteiger partial charge in [-0.1, -0.05) is 0 Å². The van der Waals surface area contributed by atoms with E-state index in [0.717, 1.165) is 35.2 Å². The van der Waals surface area contributed by atoms with Crippen molar-refractivity contribution in [1.82, 2.24) is 10.3 Å². The number of Topliss-reactive ketones (excluding diaryl/α,β-unsaturated/α-hetero) is 1. The molecule has 0 atom stereocenters. The van der Waals surface area contributed by atoms with Crippen LogP contribution in [0.5, 0.6) is 5.75 Å². The maximum absolute atomic E-state index is 11.1. The highest BCUT2D eigenvalue weighted by Gasteiger charge is 2.10. The molecule has 2 N–H and O–H groups in total. The van der Waals surface area contributed by atoms with Crippen LogP contribution in [0, 0.1) is 6.92 Å². The van der Waals surface area contributed by atoms with Crippen molar-refractivity contribution in [1.29, 1.82) is 0 Å². The van der Waals surface area contributed by atoms with E-state index in [9.17, 15) is 9.59 Å². The quantitative estimate of drug-likeness (QED) is 0.736. The Hall–Kier alpha value is -2.30. The minimum atomic E-state index is -0.0573. The molecule has 2 aromatic rings. The van der Waals surface area contributed by atoms with Crippen LogP contribution < -0.4 is 10.1 Å². The van der Waals surface area contributed by atoms with Crippen molar-refractivity contribution in [3.8, 4) is 5.75 Å². The van der Waals surface area contributed by atoms with E-state index in [0.29, 0.717) is 19.6 Å². The van der Waals surface area contributed by atoms with Crippen LogP contribution in [0.1, 0.15) is 37.9 Å². The number of ether oxygens (including phenoxy) is 1. The first-order valence-electron chi connectivity index (χ1n) is 7.95. The van der Waals surface area contributed by atoms with E-state index in [2.05, 4.69) is 17.2 Å². The lowest BCUT2D eigenvalue weighted by Gasteiger charge is -2.07. The lowest BCUT2D eigenvalue weighted by Crippen LogP contribution is -2.25. The molecule has 1 heterocycles. The maximum Gasteiger partial charge on any atom is 0.216 e. The smallest absolute Gasteiger partial charge is 0.216 e. The molecule has 0 aliphatic heterocycles. The summed E-state index contributed by atoms with van der Waals surface area (Å²) in [6.07, 6.45) is 2.34. The third-order valence-corrected chi connectivity index (χ3v) is 3.79. The van der Waals surface area contributed by atoms with Crippen LogP contribution in [0.3, 0.4) is 0 Å². The molecule has 5 nitrogen and oxygen atoms in total. The fourth-order valence-electron chi connectivity index (χ4n) is 2.68. The van der Waals surface area contributed by atoms with Gasteiger partial charge in [0.05, 0.1) is 6.54 Å². The van der Waals surface area contributed by atoms with Gasteiger partial charge in [0.25, 0.3) is 0 Å². The molecule has 0 aliphatic rings. The number of aromatic nitrogens is 1. The number of fused-ring (bicyclic) bond motifs is 1. The van der Waals surface area contributed by atoms with Gasteiger partial charge in [-0.15, -0.1) is 0 Å². The molecule has 2 rings (SSSR count). The van der Waals surface area contributed by atoms with Crippen LogP contribution in [-0.2, 0) is 16.0 Å². The molecule has 0 bridgehead atoms. The number of benzene rings is 1. The van der Waals surface area contributed by atoms with Gasteiger partial charge in [0, 0.05) is 29.9 Å². The van der Waals surface area contributed by atoms with E-state index in [4.69, 9.17) is 4.74 Å². The number of aromatic amines is 1. The Balaban J connectivity index is 2.07. The monoisotopic (exact) mass is 316 g/mol. The summed E-state index contributed by atoms with van der Waals surface area (Å²) >= 11 is 0. The average Bonchev–Trinajstić information content (AvgIpc) is 2.79. The Kier molecular flexibility index (Phi) is 5.79. The number of carbonyl (C=O) groups is 2. The number of rotatable bonds is 8. The van der Waals surface area contributed by atoms with Crippen molar-refractivity contribution in [2.45, 2.75) is 40.0 Å². The predicted octanol–water partition coefficient (Wildman–Crippen LogP) is 2.90. The third-order valence-electron chi connectivity index (χ3n) is 3.79. The summed E-state index contributed by atoms with van der Waals surface area (Å²) in [6.45, 7) is 6.10. The topological polar surface area (TPSA) is 71.2 Å². The highest BCUT2D eigenvalue weighted by molar-refractivity contribution is 5.86. The van der Waals surface area contributed by atoms with Gasteiger partial charge in [-0.2, -0.15) is 0 Å². The zero-order chi connectivity index (χ0) is 16.8. The van der Waals surface area contributed by atoms with E-state index in [1.807, 2.05) is 18.2 Å².